The molecule has 0 fully saturated rings. The van der Waals surface area contributed by atoms with Crippen LogP contribution in [-0.2, 0) is 0 Å². The molecular weight excluding hydrogens is 170 g/mol. The Morgan fingerprint density at radius 2 is 1.79 bits per heavy atom. The maximum atomic E-state index is 4.31. The fraction of sp³-hybridized carbons (Fsp3) is 0.231. The Kier molecular flexibility index (Phi) is 3.44. The first kappa shape index (κ1) is 10.5. The van der Waals surface area contributed by atoms with Crippen molar-refractivity contribution in [2.75, 3.05) is 0 Å². The van der Waals surface area contributed by atoms with Crippen molar-refractivity contribution in [2.45, 2.75) is 20.8 Å². The van der Waals surface area contributed by atoms with E-state index in [-0.39, 0.29) is 0 Å². The second kappa shape index (κ2) is 4.59. The van der Waals surface area contributed by atoms with E-state index in [1.54, 1.807) is 12.3 Å². The van der Waals surface area contributed by atoms with E-state index >= 15 is 0 Å². The van der Waals surface area contributed by atoms with Crippen molar-refractivity contribution in [3.63, 3.8) is 0 Å². The van der Waals surface area contributed by atoms with E-state index in [9.17, 15) is 0 Å². The summed E-state index contributed by atoms with van der Waals surface area (Å²) in [6.07, 6.45) is 3.42. The van der Waals surface area contributed by atoms with Crippen LogP contribution in [0.25, 0.3) is 0 Å². The van der Waals surface area contributed by atoms with Crippen molar-refractivity contribution in [1.29, 1.82) is 0 Å². The van der Waals surface area contributed by atoms with Crippen LogP contribution in [0, 0.1) is 20.8 Å². The Bertz CT molecular complexity index is 407. The van der Waals surface area contributed by atoms with Gasteiger partial charge in [0.15, 0.2) is 0 Å². The Morgan fingerprint density at radius 3 is 2.43 bits per heavy atom. The van der Waals surface area contributed by atoms with Gasteiger partial charge in [0.25, 0.3) is 0 Å². The van der Waals surface area contributed by atoms with Crippen molar-refractivity contribution in [3.05, 3.63) is 47.2 Å². The molecule has 0 aliphatic heterocycles. The van der Waals surface area contributed by atoms with E-state index in [0.29, 0.717) is 0 Å². The summed E-state index contributed by atoms with van der Waals surface area (Å²) in [4.78, 5) is 4.31. The first-order chi connectivity index (χ1) is 6.65. The highest BCUT2D eigenvalue weighted by molar-refractivity contribution is 5.75. The summed E-state index contributed by atoms with van der Waals surface area (Å²) < 4.78 is 0. The zero-order chi connectivity index (χ0) is 10.6. The summed E-state index contributed by atoms with van der Waals surface area (Å²) in [6, 6.07) is 4.25. The van der Waals surface area contributed by atoms with Crippen molar-refractivity contribution < 1.29 is 0 Å². The van der Waals surface area contributed by atoms with E-state index in [1.807, 2.05) is 0 Å². The predicted octanol–water partition coefficient (Wildman–Crippen LogP) is 3.66. The van der Waals surface area contributed by atoms with Crippen molar-refractivity contribution in [3.8, 4) is 0 Å². The monoisotopic (exact) mass is 185 g/mol. The highest BCUT2D eigenvalue weighted by Gasteiger charge is 1.98. The lowest BCUT2D eigenvalue weighted by atomic mass is 10.1. The lowest BCUT2D eigenvalue weighted by Gasteiger charge is -2.04. The third-order valence-electron chi connectivity index (χ3n) is 2.22. The smallest absolute Gasteiger partial charge is 0.0661 e. The SMILES string of the molecule is C=C=CC=Nc1cc(C)c(C)cc1C. The van der Waals surface area contributed by atoms with E-state index in [0.717, 1.165) is 5.69 Å². The van der Waals surface area contributed by atoms with Crippen LogP contribution >= 0.6 is 0 Å². The molecule has 0 bridgehead atoms. The summed E-state index contributed by atoms with van der Waals surface area (Å²) in [5.74, 6) is 0. The molecule has 1 aromatic carbocycles. The highest BCUT2D eigenvalue weighted by atomic mass is 14.7. The Balaban J connectivity index is 3.09. The molecule has 0 atom stereocenters. The van der Waals surface area contributed by atoms with Crippen LogP contribution < -0.4 is 0 Å². The molecule has 1 aromatic rings. The molecule has 1 nitrogen and oxygen atoms in total. The zero-order valence-corrected chi connectivity index (χ0v) is 8.96. The van der Waals surface area contributed by atoms with Crippen LogP contribution in [0.15, 0.2) is 35.5 Å². The van der Waals surface area contributed by atoms with Gasteiger partial charge in [-0.3, -0.25) is 4.99 Å². The summed E-state index contributed by atoms with van der Waals surface area (Å²) in [5, 5.41) is 0. The van der Waals surface area contributed by atoms with Gasteiger partial charge in [-0.25, -0.2) is 0 Å². The molecule has 14 heavy (non-hydrogen) atoms. The van der Waals surface area contributed by atoms with Gasteiger partial charge in [0.2, 0.25) is 0 Å². The normalized spacial score (nSPS) is 10.2. The Morgan fingerprint density at radius 1 is 1.14 bits per heavy atom. The first-order valence-corrected chi connectivity index (χ1v) is 4.61. The fourth-order valence-electron chi connectivity index (χ4n) is 1.25. The highest BCUT2D eigenvalue weighted by Crippen LogP contribution is 2.22. The second-order valence-electron chi connectivity index (χ2n) is 3.37. The average molecular weight is 185 g/mol. The molecule has 0 heterocycles. The largest absolute Gasteiger partial charge is 0.256 e. The molecule has 0 saturated heterocycles. The van der Waals surface area contributed by atoms with E-state index in [2.05, 4.69) is 50.2 Å². The zero-order valence-electron chi connectivity index (χ0n) is 8.96. The molecule has 0 amide bonds. The van der Waals surface area contributed by atoms with Gasteiger partial charge in [0.05, 0.1) is 5.69 Å². The molecule has 72 valence electrons. The number of allylic oxidation sites excluding steroid dienone is 1. The standard InChI is InChI=1S/C13H15N/c1-5-6-7-14-13-9-11(3)10(2)8-12(13)4/h6-9H,1H2,2-4H3. The van der Waals surface area contributed by atoms with Crippen molar-refractivity contribution in [2.24, 2.45) is 4.99 Å². The summed E-state index contributed by atoms with van der Waals surface area (Å²) in [5.41, 5.74) is 7.44. The van der Waals surface area contributed by atoms with Gasteiger partial charge in [-0.05, 0) is 49.6 Å². The quantitative estimate of drug-likeness (QED) is 0.492. The minimum absolute atomic E-state index is 1.01. The van der Waals surface area contributed by atoms with Crippen molar-refractivity contribution in [1.82, 2.24) is 0 Å². The molecule has 0 aliphatic carbocycles. The summed E-state index contributed by atoms with van der Waals surface area (Å²) >= 11 is 0. The maximum Gasteiger partial charge on any atom is 0.0661 e. The number of hydrogen-bond donors (Lipinski definition) is 0. The van der Waals surface area contributed by atoms with Crippen LogP contribution in [0.4, 0.5) is 5.69 Å². The molecule has 0 aliphatic rings. The van der Waals surface area contributed by atoms with E-state index < -0.39 is 0 Å². The lowest BCUT2D eigenvalue weighted by molar-refractivity contribution is 1.28. The second-order valence-corrected chi connectivity index (χ2v) is 3.37. The lowest BCUT2D eigenvalue weighted by Crippen LogP contribution is -1.83. The van der Waals surface area contributed by atoms with Gasteiger partial charge in [-0.2, -0.15) is 0 Å². The van der Waals surface area contributed by atoms with Gasteiger partial charge in [0.1, 0.15) is 0 Å². The molecule has 0 saturated carbocycles. The van der Waals surface area contributed by atoms with Crippen LogP contribution in [0.3, 0.4) is 0 Å². The third-order valence-corrected chi connectivity index (χ3v) is 2.22. The Labute approximate surface area is 85.5 Å². The van der Waals surface area contributed by atoms with Crippen LogP contribution in [0.5, 0.6) is 0 Å². The Hall–Kier alpha value is -1.59. The molecule has 0 unspecified atom stereocenters. The average Bonchev–Trinajstić information content (AvgIpc) is 2.14. The summed E-state index contributed by atoms with van der Waals surface area (Å²) in [7, 11) is 0. The molecule has 1 rings (SSSR count). The molecule has 0 aromatic heterocycles. The van der Waals surface area contributed by atoms with Gasteiger partial charge in [0, 0.05) is 6.21 Å². The number of rotatable bonds is 2. The van der Waals surface area contributed by atoms with Gasteiger partial charge in [-0.15, -0.1) is 5.73 Å². The number of benzene rings is 1. The molecular formula is C13H15N. The first-order valence-electron chi connectivity index (χ1n) is 4.61. The van der Waals surface area contributed by atoms with Crippen molar-refractivity contribution >= 4 is 11.9 Å². The molecule has 0 spiro atoms. The number of aliphatic imine (C=N–C) groups is 1. The molecule has 0 radical (unpaired) electrons. The number of nitrogens with zero attached hydrogens (tertiary/aromatic N) is 1. The van der Waals surface area contributed by atoms with Crippen LogP contribution in [-0.4, -0.2) is 6.21 Å². The fourth-order valence-corrected chi connectivity index (χ4v) is 1.25. The molecule has 1 heteroatoms. The van der Waals surface area contributed by atoms with E-state index in [1.165, 1.54) is 16.7 Å². The topological polar surface area (TPSA) is 12.4 Å². The van der Waals surface area contributed by atoms with Crippen LogP contribution in [0.1, 0.15) is 16.7 Å². The minimum Gasteiger partial charge on any atom is -0.256 e. The number of aryl methyl sites for hydroxylation is 3. The van der Waals surface area contributed by atoms with E-state index in [4.69, 9.17) is 0 Å². The number of hydrogen-bond acceptors (Lipinski definition) is 1. The predicted molar refractivity (Wildman–Crippen MR) is 62.5 cm³/mol. The van der Waals surface area contributed by atoms with Crippen LogP contribution in [0.2, 0.25) is 0 Å². The van der Waals surface area contributed by atoms with Gasteiger partial charge in [-0.1, -0.05) is 12.6 Å². The summed E-state index contributed by atoms with van der Waals surface area (Å²) in [6.45, 7) is 9.75. The minimum atomic E-state index is 1.01. The third kappa shape index (κ3) is 2.45. The van der Waals surface area contributed by atoms with Gasteiger partial charge < -0.3 is 0 Å². The van der Waals surface area contributed by atoms with Gasteiger partial charge >= 0.3 is 0 Å². The molecule has 0 N–H and O–H groups in total. The maximum absolute atomic E-state index is 4.31.